The normalized spacial score (nSPS) is 23.2. The number of fused-ring (bicyclic) bond motifs is 4. The Labute approximate surface area is 140 Å². The first-order valence-corrected chi connectivity index (χ1v) is 8.28. The molecular weight excluding hydrogens is 306 g/mol. The molecule has 2 amide bonds. The van der Waals surface area contributed by atoms with Crippen LogP contribution in [0.3, 0.4) is 0 Å². The zero-order chi connectivity index (χ0) is 16.5. The second kappa shape index (κ2) is 6.11. The Morgan fingerprint density at radius 2 is 1.83 bits per heavy atom. The SMILES string of the molecule is O=C(c1ccccc1)N1C[C@@H]2CC[C@H](C1)N(C(=O)c1ccon1)C2. The van der Waals surface area contributed by atoms with Gasteiger partial charge in [0.1, 0.15) is 6.26 Å². The maximum Gasteiger partial charge on any atom is 0.276 e. The minimum atomic E-state index is -0.104. The van der Waals surface area contributed by atoms with Crippen molar-refractivity contribution >= 4 is 11.8 Å². The monoisotopic (exact) mass is 325 g/mol. The van der Waals surface area contributed by atoms with Crippen molar-refractivity contribution < 1.29 is 14.1 Å². The van der Waals surface area contributed by atoms with E-state index in [0.717, 1.165) is 12.8 Å². The van der Waals surface area contributed by atoms with Gasteiger partial charge in [-0.1, -0.05) is 23.4 Å². The molecule has 1 aromatic carbocycles. The summed E-state index contributed by atoms with van der Waals surface area (Å²) in [6.45, 7) is 1.95. The molecule has 5 rings (SSSR count). The fourth-order valence-corrected chi connectivity index (χ4v) is 3.73. The second-order valence-electron chi connectivity index (χ2n) is 6.52. The predicted octanol–water partition coefficient (Wildman–Crippen LogP) is 2.05. The van der Waals surface area contributed by atoms with Crippen molar-refractivity contribution in [1.82, 2.24) is 15.0 Å². The average molecular weight is 325 g/mol. The lowest BCUT2D eigenvalue weighted by Gasteiger charge is -2.35. The van der Waals surface area contributed by atoms with Crippen LogP contribution < -0.4 is 0 Å². The smallest absolute Gasteiger partial charge is 0.276 e. The minimum absolute atomic E-state index is 0.0422. The van der Waals surface area contributed by atoms with Crippen LogP contribution in [0.2, 0.25) is 0 Å². The molecule has 24 heavy (non-hydrogen) atoms. The molecule has 0 N–H and O–H groups in total. The van der Waals surface area contributed by atoms with Gasteiger partial charge in [0.15, 0.2) is 5.69 Å². The number of piperidine rings is 1. The third kappa shape index (κ3) is 2.68. The van der Waals surface area contributed by atoms with Gasteiger partial charge in [0, 0.05) is 37.3 Å². The number of rotatable bonds is 2. The third-order valence-electron chi connectivity index (χ3n) is 4.94. The molecule has 2 atom stereocenters. The van der Waals surface area contributed by atoms with Gasteiger partial charge in [-0.05, 0) is 30.9 Å². The molecular formula is C18H19N3O3. The Bertz CT molecular complexity index is 729. The van der Waals surface area contributed by atoms with Gasteiger partial charge in [-0.2, -0.15) is 0 Å². The van der Waals surface area contributed by atoms with E-state index in [1.165, 1.54) is 6.26 Å². The van der Waals surface area contributed by atoms with E-state index in [9.17, 15) is 9.59 Å². The first-order valence-electron chi connectivity index (χ1n) is 8.28. The van der Waals surface area contributed by atoms with Crippen molar-refractivity contribution in [2.24, 2.45) is 5.92 Å². The minimum Gasteiger partial charge on any atom is -0.364 e. The third-order valence-corrected chi connectivity index (χ3v) is 4.94. The van der Waals surface area contributed by atoms with Crippen LogP contribution in [-0.2, 0) is 0 Å². The highest BCUT2D eigenvalue weighted by Crippen LogP contribution is 2.29. The van der Waals surface area contributed by atoms with Crippen molar-refractivity contribution in [3.8, 4) is 0 Å². The van der Waals surface area contributed by atoms with Crippen LogP contribution in [0, 0.1) is 5.92 Å². The molecule has 2 aromatic rings. The maximum atomic E-state index is 12.8. The highest BCUT2D eigenvalue weighted by molar-refractivity contribution is 5.95. The fourth-order valence-electron chi connectivity index (χ4n) is 3.73. The molecule has 0 saturated carbocycles. The van der Waals surface area contributed by atoms with Crippen molar-refractivity contribution in [3.63, 3.8) is 0 Å². The molecule has 4 heterocycles. The van der Waals surface area contributed by atoms with Gasteiger partial charge in [0.25, 0.3) is 11.8 Å². The summed E-state index contributed by atoms with van der Waals surface area (Å²) in [7, 11) is 0. The lowest BCUT2D eigenvalue weighted by molar-refractivity contribution is 0.0564. The molecule has 0 radical (unpaired) electrons. The molecule has 6 heteroatoms. The van der Waals surface area contributed by atoms with Crippen LogP contribution in [0.5, 0.6) is 0 Å². The number of aromatic nitrogens is 1. The molecule has 3 aliphatic heterocycles. The molecule has 3 aliphatic rings. The van der Waals surface area contributed by atoms with Crippen molar-refractivity contribution in [1.29, 1.82) is 0 Å². The van der Waals surface area contributed by atoms with E-state index in [0.29, 0.717) is 36.8 Å². The average Bonchev–Trinajstić information content (AvgIpc) is 3.01. The highest BCUT2D eigenvalue weighted by Gasteiger charge is 2.39. The second-order valence-corrected chi connectivity index (χ2v) is 6.52. The van der Waals surface area contributed by atoms with E-state index in [-0.39, 0.29) is 17.9 Å². The number of amides is 2. The van der Waals surface area contributed by atoms with Gasteiger partial charge in [-0.25, -0.2) is 0 Å². The summed E-state index contributed by atoms with van der Waals surface area (Å²) < 4.78 is 4.79. The van der Waals surface area contributed by atoms with Crippen LogP contribution in [0.1, 0.15) is 33.7 Å². The molecule has 0 unspecified atom stereocenters. The van der Waals surface area contributed by atoms with Gasteiger partial charge in [-0.3, -0.25) is 9.59 Å². The Balaban J connectivity index is 1.55. The van der Waals surface area contributed by atoms with Gasteiger partial charge in [0.2, 0.25) is 0 Å². The summed E-state index contributed by atoms with van der Waals surface area (Å²) in [4.78, 5) is 29.2. The van der Waals surface area contributed by atoms with Gasteiger partial charge >= 0.3 is 0 Å². The molecule has 0 aliphatic carbocycles. The fraction of sp³-hybridized carbons (Fsp3) is 0.389. The van der Waals surface area contributed by atoms with Crippen LogP contribution in [-0.4, -0.2) is 52.4 Å². The summed E-state index contributed by atoms with van der Waals surface area (Å²) in [5.74, 6) is 0.253. The van der Waals surface area contributed by atoms with Crippen molar-refractivity contribution in [2.75, 3.05) is 19.6 Å². The quantitative estimate of drug-likeness (QED) is 0.847. The van der Waals surface area contributed by atoms with Gasteiger partial charge in [0.05, 0.1) is 0 Å². The van der Waals surface area contributed by atoms with Crippen LogP contribution in [0.15, 0.2) is 47.2 Å². The predicted molar refractivity (Wildman–Crippen MR) is 86.4 cm³/mol. The Morgan fingerprint density at radius 1 is 1.00 bits per heavy atom. The van der Waals surface area contributed by atoms with E-state index in [2.05, 4.69) is 5.16 Å². The topological polar surface area (TPSA) is 66.7 Å². The summed E-state index contributed by atoms with van der Waals surface area (Å²) >= 11 is 0. The standard InChI is InChI=1S/C18H19N3O3/c22-17(14-4-2-1-3-5-14)20-10-13-6-7-15(12-20)21(11-13)18(23)16-8-9-24-19-16/h1-5,8-9,13,15H,6-7,10-12H2/t13-,15+/m0/s1. The zero-order valence-electron chi connectivity index (χ0n) is 13.3. The van der Waals surface area contributed by atoms with E-state index in [1.54, 1.807) is 6.07 Å². The number of nitrogens with zero attached hydrogens (tertiary/aromatic N) is 3. The molecule has 2 bridgehead atoms. The first kappa shape index (κ1) is 14.9. The molecule has 6 nitrogen and oxygen atoms in total. The van der Waals surface area contributed by atoms with Crippen molar-refractivity contribution in [2.45, 2.75) is 18.9 Å². The summed E-state index contributed by atoms with van der Waals surface area (Å²) in [5.41, 5.74) is 1.04. The Kier molecular flexibility index (Phi) is 3.80. The maximum absolute atomic E-state index is 12.8. The highest BCUT2D eigenvalue weighted by atomic mass is 16.5. The van der Waals surface area contributed by atoms with E-state index < -0.39 is 0 Å². The van der Waals surface area contributed by atoms with Crippen LogP contribution in [0.25, 0.3) is 0 Å². The van der Waals surface area contributed by atoms with Gasteiger partial charge in [-0.15, -0.1) is 0 Å². The lowest BCUT2D eigenvalue weighted by Crippen LogP contribution is -2.47. The first-order chi connectivity index (χ1) is 11.7. The van der Waals surface area contributed by atoms with Gasteiger partial charge < -0.3 is 14.3 Å². The lowest BCUT2D eigenvalue weighted by atomic mass is 9.95. The molecule has 0 spiro atoms. The molecule has 1 aromatic heterocycles. The number of hydrogen-bond acceptors (Lipinski definition) is 4. The number of carbonyl (C=O) groups is 2. The molecule has 3 saturated heterocycles. The summed E-state index contributed by atoms with van der Waals surface area (Å²) in [5, 5.41) is 3.76. The van der Waals surface area contributed by atoms with Crippen LogP contribution in [0.4, 0.5) is 0 Å². The Hall–Kier alpha value is -2.63. The number of benzene rings is 1. The largest absolute Gasteiger partial charge is 0.364 e. The zero-order valence-corrected chi connectivity index (χ0v) is 13.3. The number of carbonyl (C=O) groups excluding carboxylic acids is 2. The van der Waals surface area contributed by atoms with Crippen LogP contribution >= 0.6 is 0 Å². The number of hydrogen-bond donors (Lipinski definition) is 0. The van der Waals surface area contributed by atoms with E-state index in [1.807, 2.05) is 40.1 Å². The molecule has 124 valence electrons. The summed E-state index contributed by atoms with van der Waals surface area (Å²) in [6, 6.07) is 11.0. The Morgan fingerprint density at radius 3 is 2.58 bits per heavy atom. The van der Waals surface area contributed by atoms with Crippen molar-refractivity contribution in [3.05, 3.63) is 53.9 Å². The summed E-state index contributed by atoms with van der Waals surface area (Å²) in [6.07, 6.45) is 3.38. The van der Waals surface area contributed by atoms with E-state index in [4.69, 9.17) is 4.52 Å². The van der Waals surface area contributed by atoms with E-state index >= 15 is 0 Å². The molecule has 3 fully saturated rings.